The van der Waals surface area contributed by atoms with Gasteiger partial charge in [-0.1, -0.05) is 6.07 Å². The summed E-state index contributed by atoms with van der Waals surface area (Å²) in [6.07, 6.45) is -0.0307. The second kappa shape index (κ2) is 7.12. The number of amides is 1. The Morgan fingerprint density at radius 2 is 2.24 bits per heavy atom. The van der Waals surface area contributed by atoms with Crippen molar-refractivity contribution in [2.24, 2.45) is 0 Å². The van der Waals surface area contributed by atoms with Crippen LogP contribution in [0.15, 0.2) is 24.3 Å². The van der Waals surface area contributed by atoms with Crippen molar-refractivity contribution in [1.29, 1.82) is 5.26 Å². The fourth-order valence-corrected chi connectivity index (χ4v) is 1.25. The lowest BCUT2D eigenvalue weighted by Crippen LogP contribution is -2.13. The van der Waals surface area contributed by atoms with Crippen LogP contribution in [0.5, 0.6) is 0 Å². The van der Waals surface area contributed by atoms with E-state index in [1.165, 1.54) is 0 Å². The van der Waals surface area contributed by atoms with Gasteiger partial charge in [-0.2, -0.15) is 5.26 Å². The first-order valence-corrected chi connectivity index (χ1v) is 5.41. The third-order valence-corrected chi connectivity index (χ3v) is 1.95. The Bertz CT molecular complexity index is 412. The van der Waals surface area contributed by atoms with Crippen molar-refractivity contribution in [2.45, 2.75) is 13.3 Å². The Morgan fingerprint density at radius 3 is 2.94 bits per heavy atom. The largest absolute Gasteiger partial charge is 0.450 e. The number of hydrogen-bond donors (Lipinski definition) is 2. The van der Waals surface area contributed by atoms with Gasteiger partial charge in [0.05, 0.1) is 19.1 Å². The number of nitriles is 1. The molecule has 0 aliphatic rings. The first-order valence-electron chi connectivity index (χ1n) is 5.41. The third-order valence-electron chi connectivity index (χ3n) is 1.95. The molecular weight excluding hydrogens is 218 g/mol. The zero-order valence-corrected chi connectivity index (χ0v) is 9.69. The standard InChI is InChI=1S/C12H15N3O2/c1-2-17-12(16)15-11-6-3-5-10(9-11)14-8-4-7-13/h3,5-6,9,14H,2,4,8H2,1H3,(H,15,16). The lowest BCUT2D eigenvalue weighted by atomic mass is 10.2. The summed E-state index contributed by atoms with van der Waals surface area (Å²) in [5.41, 5.74) is 1.51. The molecular formula is C12H15N3O2. The van der Waals surface area contributed by atoms with Crippen LogP contribution in [0.25, 0.3) is 0 Å². The summed E-state index contributed by atoms with van der Waals surface area (Å²) in [7, 11) is 0. The van der Waals surface area contributed by atoms with Crippen LogP contribution in [-0.4, -0.2) is 19.2 Å². The van der Waals surface area contributed by atoms with E-state index in [-0.39, 0.29) is 0 Å². The fourth-order valence-electron chi connectivity index (χ4n) is 1.25. The zero-order valence-electron chi connectivity index (χ0n) is 9.69. The van der Waals surface area contributed by atoms with Gasteiger partial charge in [0.2, 0.25) is 0 Å². The van der Waals surface area contributed by atoms with Crippen LogP contribution in [0.4, 0.5) is 16.2 Å². The molecule has 1 rings (SSSR count). The second-order valence-corrected chi connectivity index (χ2v) is 3.26. The molecule has 5 nitrogen and oxygen atoms in total. The van der Waals surface area contributed by atoms with E-state index in [2.05, 4.69) is 10.6 Å². The van der Waals surface area contributed by atoms with E-state index in [1.807, 2.05) is 18.2 Å². The summed E-state index contributed by atoms with van der Waals surface area (Å²) in [5.74, 6) is 0. The Hall–Kier alpha value is -2.22. The van der Waals surface area contributed by atoms with E-state index in [0.717, 1.165) is 5.69 Å². The smallest absolute Gasteiger partial charge is 0.411 e. The molecule has 0 fully saturated rings. The molecule has 0 heterocycles. The number of nitrogens with one attached hydrogen (secondary N) is 2. The van der Waals surface area contributed by atoms with Crippen molar-refractivity contribution in [3.8, 4) is 6.07 Å². The Balaban J connectivity index is 2.53. The molecule has 0 unspecified atom stereocenters. The van der Waals surface area contributed by atoms with Gasteiger partial charge in [-0.3, -0.25) is 5.32 Å². The number of anilines is 2. The number of hydrogen-bond acceptors (Lipinski definition) is 4. The first kappa shape index (κ1) is 12.8. The van der Waals surface area contributed by atoms with Crippen molar-refractivity contribution in [1.82, 2.24) is 0 Å². The molecule has 2 N–H and O–H groups in total. The van der Waals surface area contributed by atoms with Gasteiger partial charge in [-0.25, -0.2) is 4.79 Å². The number of benzene rings is 1. The molecule has 1 aromatic carbocycles. The highest BCUT2D eigenvalue weighted by atomic mass is 16.5. The van der Waals surface area contributed by atoms with Gasteiger partial charge >= 0.3 is 6.09 Å². The average Bonchev–Trinajstić information content (AvgIpc) is 2.30. The van der Waals surface area contributed by atoms with Gasteiger partial charge < -0.3 is 10.1 Å². The predicted octanol–water partition coefficient (Wildman–Crippen LogP) is 2.58. The highest BCUT2D eigenvalue weighted by Crippen LogP contribution is 2.15. The number of rotatable bonds is 5. The fraction of sp³-hybridized carbons (Fsp3) is 0.333. The van der Waals surface area contributed by atoms with E-state index in [1.54, 1.807) is 19.1 Å². The summed E-state index contributed by atoms with van der Waals surface area (Å²) in [4.78, 5) is 11.2. The molecule has 0 radical (unpaired) electrons. The zero-order chi connectivity index (χ0) is 12.5. The van der Waals surface area contributed by atoms with Gasteiger partial charge in [0.1, 0.15) is 0 Å². The number of carbonyl (C=O) groups is 1. The van der Waals surface area contributed by atoms with Crippen molar-refractivity contribution in [2.75, 3.05) is 23.8 Å². The van der Waals surface area contributed by atoms with Crippen LogP contribution in [0, 0.1) is 11.3 Å². The molecule has 0 aromatic heterocycles. The van der Waals surface area contributed by atoms with Crippen LogP contribution in [0.1, 0.15) is 13.3 Å². The maximum Gasteiger partial charge on any atom is 0.411 e. The van der Waals surface area contributed by atoms with E-state index in [9.17, 15) is 4.79 Å². The van der Waals surface area contributed by atoms with E-state index < -0.39 is 6.09 Å². The van der Waals surface area contributed by atoms with Gasteiger partial charge in [0, 0.05) is 17.9 Å². The van der Waals surface area contributed by atoms with Crippen molar-refractivity contribution in [3.63, 3.8) is 0 Å². The van der Waals surface area contributed by atoms with Crippen LogP contribution < -0.4 is 10.6 Å². The highest BCUT2D eigenvalue weighted by Gasteiger charge is 2.01. The quantitative estimate of drug-likeness (QED) is 0.766. The Labute approximate surface area is 100 Å². The summed E-state index contributed by atoms with van der Waals surface area (Å²) in [6.45, 7) is 2.67. The molecule has 5 heteroatoms. The molecule has 0 saturated carbocycles. The molecule has 0 atom stereocenters. The molecule has 1 amide bonds. The lowest BCUT2D eigenvalue weighted by molar-refractivity contribution is 0.168. The van der Waals surface area contributed by atoms with Gasteiger partial charge in [-0.15, -0.1) is 0 Å². The highest BCUT2D eigenvalue weighted by molar-refractivity contribution is 5.85. The van der Waals surface area contributed by atoms with Crippen molar-refractivity contribution >= 4 is 17.5 Å². The average molecular weight is 233 g/mol. The minimum atomic E-state index is -0.471. The van der Waals surface area contributed by atoms with Crippen molar-refractivity contribution < 1.29 is 9.53 Å². The summed E-state index contributed by atoms with van der Waals surface area (Å²) >= 11 is 0. The predicted molar refractivity (Wildman–Crippen MR) is 65.8 cm³/mol. The monoisotopic (exact) mass is 233 g/mol. The number of ether oxygens (including phenoxy) is 1. The van der Waals surface area contributed by atoms with Gasteiger partial charge in [-0.05, 0) is 25.1 Å². The summed E-state index contributed by atoms with van der Waals surface area (Å²) < 4.78 is 4.77. The maximum absolute atomic E-state index is 11.2. The molecule has 0 aliphatic heterocycles. The van der Waals surface area contributed by atoms with E-state index in [4.69, 9.17) is 10.00 Å². The minimum absolute atomic E-state index is 0.339. The van der Waals surface area contributed by atoms with Gasteiger partial charge in [0.25, 0.3) is 0 Å². The molecule has 17 heavy (non-hydrogen) atoms. The lowest BCUT2D eigenvalue weighted by Gasteiger charge is -2.08. The van der Waals surface area contributed by atoms with Crippen LogP contribution in [-0.2, 0) is 4.74 Å². The van der Waals surface area contributed by atoms with Crippen LogP contribution >= 0.6 is 0 Å². The van der Waals surface area contributed by atoms with Crippen LogP contribution in [0.2, 0.25) is 0 Å². The minimum Gasteiger partial charge on any atom is -0.450 e. The molecule has 0 spiro atoms. The molecule has 0 bridgehead atoms. The SMILES string of the molecule is CCOC(=O)Nc1cccc(NCCC#N)c1. The Morgan fingerprint density at radius 1 is 1.47 bits per heavy atom. The third kappa shape index (κ3) is 4.89. The second-order valence-electron chi connectivity index (χ2n) is 3.26. The maximum atomic E-state index is 11.2. The molecule has 0 saturated heterocycles. The normalized spacial score (nSPS) is 9.18. The topological polar surface area (TPSA) is 74.2 Å². The summed E-state index contributed by atoms with van der Waals surface area (Å²) in [5, 5.41) is 14.1. The van der Waals surface area contributed by atoms with E-state index >= 15 is 0 Å². The molecule has 90 valence electrons. The molecule has 1 aromatic rings. The first-order chi connectivity index (χ1) is 8.26. The Kier molecular flexibility index (Phi) is 5.38. The van der Waals surface area contributed by atoms with Gasteiger partial charge in [0.15, 0.2) is 0 Å². The number of carbonyl (C=O) groups excluding carboxylic acids is 1. The number of nitrogens with zero attached hydrogens (tertiary/aromatic N) is 1. The molecule has 0 aliphatic carbocycles. The van der Waals surface area contributed by atoms with E-state index in [0.29, 0.717) is 25.3 Å². The summed E-state index contributed by atoms with van der Waals surface area (Å²) in [6, 6.07) is 9.29. The van der Waals surface area contributed by atoms with Crippen LogP contribution in [0.3, 0.4) is 0 Å². The van der Waals surface area contributed by atoms with Crippen molar-refractivity contribution in [3.05, 3.63) is 24.3 Å².